The summed E-state index contributed by atoms with van der Waals surface area (Å²) in [6.07, 6.45) is 2.99. The largest absolute Gasteiger partial charge is 0.314 e. The van der Waals surface area contributed by atoms with Crippen LogP contribution >= 0.6 is 0 Å². The lowest BCUT2D eigenvalue weighted by Gasteiger charge is -2.07. The van der Waals surface area contributed by atoms with Crippen LogP contribution in [0.25, 0.3) is 0 Å². The molecule has 2 N–H and O–H groups in total. The molecular weight excluding hydrogens is 267 g/mol. The topological polar surface area (TPSA) is 58.2 Å². The van der Waals surface area contributed by atoms with Gasteiger partial charge in [0.1, 0.15) is 5.82 Å². The van der Waals surface area contributed by atoms with Gasteiger partial charge in [-0.1, -0.05) is 12.1 Å². The van der Waals surface area contributed by atoms with Crippen molar-refractivity contribution in [3.05, 3.63) is 35.6 Å². The van der Waals surface area contributed by atoms with Crippen LogP contribution in [0.4, 0.5) is 4.39 Å². The molecule has 0 heterocycles. The van der Waals surface area contributed by atoms with Crippen molar-refractivity contribution in [2.24, 2.45) is 0 Å². The molecule has 2 rings (SSSR count). The van der Waals surface area contributed by atoms with Crippen molar-refractivity contribution in [1.82, 2.24) is 10.0 Å². The van der Waals surface area contributed by atoms with E-state index in [1.165, 1.54) is 25.0 Å². The first kappa shape index (κ1) is 14.4. The molecular formula is C13H19FN2O2S. The summed E-state index contributed by atoms with van der Waals surface area (Å²) >= 11 is 0. The number of nitrogens with one attached hydrogen (secondary N) is 2. The van der Waals surface area contributed by atoms with Gasteiger partial charge in [0, 0.05) is 12.6 Å². The molecule has 1 aromatic rings. The molecule has 19 heavy (non-hydrogen) atoms. The quantitative estimate of drug-likeness (QED) is 0.710. The van der Waals surface area contributed by atoms with Crippen molar-refractivity contribution < 1.29 is 12.8 Å². The number of rotatable bonds is 8. The monoisotopic (exact) mass is 286 g/mol. The number of hydrogen-bond acceptors (Lipinski definition) is 3. The first-order valence-electron chi connectivity index (χ1n) is 6.50. The van der Waals surface area contributed by atoms with Crippen LogP contribution in [-0.4, -0.2) is 26.8 Å². The lowest BCUT2D eigenvalue weighted by molar-refractivity contribution is 0.573. The molecule has 0 unspecified atom stereocenters. The standard InChI is InChI=1S/C13H19FN2O2S/c14-12-4-1-3-11(9-12)10-16-19(17,18)8-2-7-15-13-5-6-13/h1,3-4,9,13,15-16H,2,5-8,10H2. The molecule has 0 saturated heterocycles. The van der Waals surface area contributed by atoms with Gasteiger partial charge >= 0.3 is 0 Å². The molecule has 1 aliphatic rings. The van der Waals surface area contributed by atoms with Crippen LogP contribution < -0.4 is 10.0 Å². The summed E-state index contributed by atoms with van der Waals surface area (Å²) < 4.78 is 38.8. The van der Waals surface area contributed by atoms with Gasteiger partial charge in [-0.25, -0.2) is 17.5 Å². The molecule has 1 aliphatic carbocycles. The van der Waals surface area contributed by atoms with E-state index < -0.39 is 10.0 Å². The Morgan fingerprint density at radius 3 is 2.79 bits per heavy atom. The Bertz CT molecular complexity index is 515. The number of benzene rings is 1. The Morgan fingerprint density at radius 2 is 2.11 bits per heavy atom. The second kappa shape index (κ2) is 6.45. The van der Waals surface area contributed by atoms with Crippen LogP contribution in [0.3, 0.4) is 0 Å². The fraction of sp³-hybridized carbons (Fsp3) is 0.538. The van der Waals surface area contributed by atoms with Gasteiger partial charge in [-0.05, 0) is 43.5 Å². The third-order valence-corrected chi connectivity index (χ3v) is 4.40. The van der Waals surface area contributed by atoms with Gasteiger partial charge in [0.15, 0.2) is 0 Å². The molecule has 0 spiro atoms. The summed E-state index contributed by atoms with van der Waals surface area (Å²) in [5, 5.41) is 3.27. The van der Waals surface area contributed by atoms with Crippen molar-refractivity contribution in [3.63, 3.8) is 0 Å². The van der Waals surface area contributed by atoms with E-state index in [1.54, 1.807) is 12.1 Å². The maximum Gasteiger partial charge on any atom is 0.211 e. The molecule has 1 aromatic carbocycles. The summed E-state index contributed by atoms with van der Waals surface area (Å²) in [6.45, 7) is 0.863. The van der Waals surface area contributed by atoms with E-state index in [0.717, 1.165) is 6.54 Å². The Morgan fingerprint density at radius 1 is 1.32 bits per heavy atom. The first-order valence-corrected chi connectivity index (χ1v) is 8.15. The zero-order chi connectivity index (χ0) is 13.7. The van der Waals surface area contributed by atoms with Gasteiger partial charge in [0.25, 0.3) is 0 Å². The zero-order valence-corrected chi connectivity index (χ0v) is 11.5. The van der Waals surface area contributed by atoms with E-state index in [9.17, 15) is 12.8 Å². The SMILES string of the molecule is O=S(=O)(CCCNC1CC1)NCc1cccc(F)c1. The predicted octanol–water partition coefficient (Wildman–Crippen LogP) is 1.39. The van der Waals surface area contributed by atoms with Crippen molar-refractivity contribution in [2.45, 2.75) is 31.8 Å². The average Bonchev–Trinajstić information content (AvgIpc) is 3.17. The summed E-state index contributed by atoms with van der Waals surface area (Å²) in [6, 6.07) is 6.53. The Labute approximate surface area is 113 Å². The summed E-state index contributed by atoms with van der Waals surface area (Å²) in [5.41, 5.74) is 0.625. The molecule has 6 heteroatoms. The maximum atomic E-state index is 12.9. The van der Waals surface area contributed by atoms with E-state index in [2.05, 4.69) is 10.0 Å². The highest BCUT2D eigenvalue weighted by molar-refractivity contribution is 7.89. The van der Waals surface area contributed by atoms with E-state index >= 15 is 0 Å². The molecule has 0 aromatic heterocycles. The second-order valence-corrected chi connectivity index (χ2v) is 6.78. The van der Waals surface area contributed by atoms with E-state index in [-0.39, 0.29) is 18.1 Å². The lowest BCUT2D eigenvalue weighted by atomic mass is 10.2. The minimum atomic E-state index is -3.28. The summed E-state index contributed by atoms with van der Waals surface area (Å²) in [5.74, 6) is -0.257. The highest BCUT2D eigenvalue weighted by Gasteiger charge is 2.20. The fourth-order valence-electron chi connectivity index (χ4n) is 1.77. The highest BCUT2D eigenvalue weighted by Crippen LogP contribution is 2.18. The van der Waals surface area contributed by atoms with Crippen LogP contribution in [0.5, 0.6) is 0 Å². The van der Waals surface area contributed by atoms with E-state index in [1.807, 2.05) is 0 Å². The average molecular weight is 286 g/mol. The van der Waals surface area contributed by atoms with Crippen LogP contribution in [-0.2, 0) is 16.6 Å². The van der Waals surface area contributed by atoms with Gasteiger partial charge in [-0.3, -0.25) is 0 Å². The van der Waals surface area contributed by atoms with Crippen LogP contribution in [0, 0.1) is 5.82 Å². The van der Waals surface area contributed by atoms with Crippen molar-refractivity contribution in [1.29, 1.82) is 0 Å². The normalized spacial score (nSPS) is 15.6. The van der Waals surface area contributed by atoms with Crippen molar-refractivity contribution in [3.8, 4) is 0 Å². The van der Waals surface area contributed by atoms with Crippen molar-refractivity contribution >= 4 is 10.0 Å². The Hall–Kier alpha value is -0.980. The van der Waals surface area contributed by atoms with Gasteiger partial charge in [-0.2, -0.15) is 0 Å². The van der Waals surface area contributed by atoms with Gasteiger partial charge < -0.3 is 5.32 Å². The Kier molecular flexibility index (Phi) is 4.90. The molecule has 106 valence electrons. The predicted molar refractivity (Wildman–Crippen MR) is 72.7 cm³/mol. The first-order chi connectivity index (χ1) is 9.05. The number of hydrogen-bond donors (Lipinski definition) is 2. The van der Waals surface area contributed by atoms with Crippen LogP contribution in [0.2, 0.25) is 0 Å². The molecule has 0 radical (unpaired) electrons. The molecule has 0 bridgehead atoms. The maximum absolute atomic E-state index is 12.9. The molecule has 0 amide bonds. The van der Waals surface area contributed by atoms with Gasteiger partial charge in [0.2, 0.25) is 10.0 Å². The number of sulfonamides is 1. The molecule has 0 aliphatic heterocycles. The minimum absolute atomic E-state index is 0.0992. The van der Waals surface area contributed by atoms with E-state index in [4.69, 9.17) is 0 Å². The molecule has 1 fully saturated rings. The second-order valence-electron chi connectivity index (χ2n) is 4.85. The number of halogens is 1. The van der Waals surface area contributed by atoms with Crippen molar-refractivity contribution in [2.75, 3.05) is 12.3 Å². The molecule has 4 nitrogen and oxygen atoms in total. The van der Waals surface area contributed by atoms with Gasteiger partial charge in [-0.15, -0.1) is 0 Å². The highest BCUT2D eigenvalue weighted by atomic mass is 32.2. The molecule has 1 saturated carbocycles. The van der Waals surface area contributed by atoms with E-state index in [0.29, 0.717) is 18.0 Å². The third-order valence-electron chi connectivity index (χ3n) is 2.99. The van der Waals surface area contributed by atoms with Gasteiger partial charge in [0.05, 0.1) is 5.75 Å². The lowest BCUT2D eigenvalue weighted by Crippen LogP contribution is -2.28. The smallest absolute Gasteiger partial charge is 0.211 e. The summed E-state index contributed by atoms with van der Waals surface area (Å²) in [4.78, 5) is 0. The Balaban J connectivity index is 1.70. The third kappa shape index (κ3) is 5.67. The van der Waals surface area contributed by atoms with Crippen LogP contribution in [0.15, 0.2) is 24.3 Å². The minimum Gasteiger partial charge on any atom is -0.314 e. The summed E-state index contributed by atoms with van der Waals surface area (Å²) in [7, 11) is -3.28. The van der Waals surface area contributed by atoms with Crippen LogP contribution in [0.1, 0.15) is 24.8 Å². The zero-order valence-electron chi connectivity index (χ0n) is 10.7. The molecule has 0 atom stereocenters. The fourth-order valence-corrected chi connectivity index (χ4v) is 2.82.